The summed E-state index contributed by atoms with van der Waals surface area (Å²) in [5, 5.41) is 0. The van der Waals surface area contributed by atoms with Crippen LogP contribution in [-0.2, 0) is 0 Å². The molecule has 2 saturated carbocycles. The molecule has 0 unspecified atom stereocenters. The molecule has 0 amide bonds. The van der Waals surface area contributed by atoms with Gasteiger partial charge >= 0.3 is 0 Å². The van der Waals surface area contributed by atoms with Crippen LogP contribution >= 0.6 is 0 Å². The van der Waals surface area contributed by atoms with Crippen LogP contribution in [0.5, 0.6) is 0 Å². The van der Waals surface area contributed by atoms with E-state index >= 15 is 0 Å². The molecular formula is C15H24FN. The number of fused-ring (bicyclic) bond motifs is 2. The van der Waals surface area contributed by atoms with E-state index in [2.05, 4.69) is 4.90 Å². The Morgan fingerprint density at radius 3 is 2.65 bits per heavy atom. The molecule has 4 rings (SSSR count). The van der Waals surface area contributed by atoms with Crippen LogP contribution < -0.4 is 0 Å². The number of halogens is 1. The number of nitrogens with zero attached hydrogens (tertiary/aromatic N) is 1. The fraction of sp³-hybridized carbons (Fsp3) is 1.00. The summed E-state index contributed by atoms with van der Waals surface area (Å²) in [7, 11) is 0. The number of rotatable bonds is 2. The number of alkyl halides is 1. The average molecular weight is 239 g/mol. The molecule has 96 valence electrons. The largest absolute Gasteiger partial charge is 0.296 e. The van der Waals surface area contributed by atoms with Gasteiger partial charge in [-0.2, -0.15) is 0 Å². The quantitative estimate of drug-likeness (QED) is 0.714. The van der Waals surface area contributed by atoms with Gasteiger partial charge in [-0.25, -0.2) is 4.39 Å². The van der Waals surface area contributed by atoms with Gasteiger partial charge in [-0.15, -0.1) is 0 Å². The first-order valence-electron chi connectivity index (χ1n) is 8.19. The van der Waals surface area contributed by atoms with Crippen molar-refractivity contribution in [2.45, 2.75) is 64.0 Å². The van der Waals surface area contributed by atoms with Crippen LogP contribution in [-0.4, -0.2) is 29.7 Å². The van der Waals surface area contributed by atoms with Crippen LogP contribution in [0.25, 0.3) is 0 Å². The van der Waals surface area contributed by atoms with Crippen LogP contribution in [0, 0.1) is 16.7 Å². The molecule has 2 heteroatoms. The number of hydrogen-bond donors (Lipinski definition) is 0. The summed E-state index contributed by atoms with van der Waals surface area (Å²) in [6, 6.07) is 0. The molecule has 0 aromatic heterocycles. The Morgan fingerprint density at radius 1 is 1.41 bits per heavy atom. The highest BCUT2D eigenvalue weighted by atomic mass is 19.1. The third kappa shape index (κ3) is 1.18. The van der Waals surface area contributed by atoms with Crippen LogP contribution in [0.2, 0.25) is 0 Å². The van der Waals surface area contributed by atoms with E-state index in [9.17, 15) is 4.39 Å². The molecule has 0 N–H and O–H groups in total. The average Bonchev–Trinajstić information content (AvgIpc) is 3.14. The molecule has 0 radical (unpaired) electrons. The van der Waals surface area contributed by atoms with Crippen LogP contribution in [0.4, 0.5) is 4.39 Å². The Bertz CT molecular complexity index is 434. The highest BCUT2D eigenvalue weighted by Crippen LogP contribution is 2.73. The molecule has 0 bridgehead atoms. The van der Waals surface area contributed by atoms with Gasteiger partial charge in [-0.05, 0) is 56.4 Å². The van der Waals surface area contributed by atoms with E-state index in [1.54, 1.807) is 0 Å². The Hall–Kier alpha value is -0.110. The van der Waals surface area contributed by atoms with Crippen molar-refractivity contribution in [1.82, 2.24) is 4.90 Å². The molecule has 2 saturated heterocycles. The zero-order chi connectivity index (χ0) is 13.7. The second-order valence-corrected chi connectivity index (χ2v) is 7.32. The lowest BCUT2D eigenvalue weighted by atomic mass is 9.72. The second kappa shape index (κ2) is 2.89. The molecule has 2 spiro atoms. The van der Waals surface area contributed by atoms with Gasteiger partial charge in [-0.1, -0.05) is 13.8 Å². The first-order chi connectivity index (χ1) is 8.80. The van der Waals surface area contributed by atoms with Gasteiger partial charge in [0.15, 0.2) is 0 Å². The Morgan fingerprint density at radius 2 is 2.12 bits per heavy atom. The molecule has 2 aliphatic carbocycles. The number of hydrogen-bond acceptors (Lipinski definition) is 1. The zero-order valence-electron chi connectivity index (χ0n) is 12.9. The standard InChI is InChI=1S/C15H24FN/c1-11(2)7-15-9-13(8-12(13)16)10-17(15)6-5-14(15)3-4-14/h11-12H,3-10H2,1-2H3/t12-,13-,15+/m0/s1/i7D2. The van der Waals surface area contributed by atoms with Crippen LogP contribution in [0.1, 0.15) is 55.1 Å². The highest BCUT2D eigenvalue weighted by molar-refractivity contribution is 5.27. The summed E-state index contributed by atoms with van der Waals surface area (Å²) in [4.78, 5) is 2.36. The smallest absolute Gasteiger partial charge is 0.108 e. The third-order valence-corrected chi connectivity index (χ3v) is 5.86. The molecule has 17 heavy (non-hydrogen) atoms. The van der Waals surface area contributed by atoms with Crippen molar-refractivity contribution in [3.63, 3.8) is 0 Å². The van der Waals surface area contributed by atoms with Crippen molar-refractivity contribution in [2.24, 2.45) is 16.7 Å². The normalized spacial score (nSPS) is 53.1. The predicted molar refractivity (Wildman–Crippen MR) is 66.6 cm³/mol. The summed E-state index contributed by atoms with van der Waals surface area (Å²) < 4.78 is 31.4. The van der Waals surface area contributed by atoms with E-state index in [0.29, 0.717) is 6.42 Å². The predicted octanol–water partition coefficient (Wildman–Crippen LogP) is 3.39. The Labute approximate surface area is 107 Å². The summed E-state index contributed by atoms with van der Waals surface area (Å²) in [6.07, 6.45) is 3.01. The molecule has 1 nitrogen and oxygen atoms in total. The molecule has 0 aromatic carbocycles. The lowest BCUT2D eigenvalue weighted by molar-refractivity contribution is 0.107. The zero-order valence-corrected chi connectivity index (χ0v) is 10.9. The van der Waals surface area contributed by atoms with Crippen molar-refractivity contribution in [2.75, 3.05) is 13.1 Å². The van der Waals surface area contributed by atoms with Crippen molar-refractivity contribution >= 4 is 0 Å². The fourth-order valence-corrected chi connectivity index (χ4v) is 4.77. The van der Waals surface area contributed by atoms with Gasteiger partial charge in [0.05, 0.1) is 0 Å². The molecule has 4 aliphatic rings. The molecular weight excluding hydrogens is 213 g/mol. The Kier molecular flexibility index (Phi) is 1.52. The van der Waals surface area contributed by atoms with Gasteiger partial charge in [0, 0.05) is 20.2 Å². The van der Waals surface area contributed by atoms with E-state index in [4.69, 9.17) is 2.74 Å². The lowest BCUT2D eigenvalue weighted by Crippen LogP contribution is -2.45. The van der Waals surface area contributed by atoms with E-state index in [-0.39, 0.29) is 22.3 Å². The maximum absolute atomic E-state index is 13.9. The van der Waals surface area contributed by atoms with Crippen molar-refractivity contribution < 1.29 is 7.13 Å². The topological polar surface area (TPSA) is 3.24 Å². The summed E-state index contributed by atoms with van der Waals surface area (Å²) in [5.41, 5.74) is -0.375. The molecule has 2 aliphatic heterocycles. The summed E-state index contributed by atoms with van der Waals surface area (Å²) in [5.74, 6) is -0.00228. The highest BCUT2D eigenvalue weighted by Gasteiger charge is 2.74. The van der Waals surface area contributed by atoms with Crippen molar-refractivity contribution in [3.05, 3.63) is 0 Å². The summed E-state index contributed by atoms with van der Waals surface area (Å²) in [6.45, 7) is 5.78. The minimum Gasteiger partial charge on any atom is -0.296 e. The second-order valence-electron chi connectivity index (χ2n) is 7.32. The van der Waals surface area contributed by atoms with Crippen LogP contribution in [0.15, 0.2) is 0 Å². The molecule has 0 aromatic rings. The van der Waals surface area contributed by atoms with E-state index in [1.165, 1.54) is 0 Å². The molecule has 3 atom stereocenters. The molecule has 4 fully saturated rings. The van der Waals surface area contributed by atoms with Gasteiger partial charge in [0.25, 0.3) is 0 Å². The minimum atomic E-state index is -1.20. The van der Waals surface area contributed by atoms with Gasteiger partial charge < -0.3 is 0 Å². The SMILES string of the molecule is [2H]C([2H])(C(C)C)[C@]12C[C@@]3(C[C@@H]3F)CN1CCC21CC1. The maximum Gasteiger partial charge on any atom is 0.108 e. The monoisotopic (exact) mass is 239 g/mol. The molecule has 2 heterocycles. The maximum atomic E-state index is 13.9. The minimum absolute atomic E-state index is 0.00228. The van der Waals surface area contributed by atoms with Gasteiger partial charge in [0.1, 0.15) is 6.17 Å². The lowest BCUT2D eigenvalue weighted by Gasteiger charge is -2.39. The fourth-order valence-electron chi connectivity index (χ4n) is 4.77. The van der Waals surface area contributed by atoms with Crippen molar-refractivity contribution in [3.8, 4) is 0 Å². The Balaban J connectivity index is 1.80. The van der Waals surface area contributed by atoms with Gasteiger partial charge in [-0.3, -0.25) is 4.90 Å². The van der Waals surface area contributed by atoms with E-state index in [0.717, 1.165) is 38.8 Å². The van der Waals surface area contributed by atoms with Gasteiger partial charge in [0.2, 0.25) is 0 Å². The van der Waals surface area contributed by atoms with E-state index < -0.39 is 12.5 Å². The summed E-state index contributed by atoms with van der Waals surface area (Å²) >= 11 is 0. The third-order valence-electron chi connectivity index (χ3n) is 5.86. The first kappa shape index (κ1) is 8.90. The van der Waals surface area contributed by atoms with E-state index in [1.807, 2.05) is 13.8 Å². The first-order valence-corrected chi connectivity index (χ1v) is 7.19. The van der Waals surface area contributed by atoms with Crippen molar-refractivity contribution in [1.29, 1.82) is 0 Å². The van der Waals surface area contributed by atoms with Crippen LogP contribution in [0.3, 0.4) is 0 Å².